The summed E-state index contributed by atoms with van der Waals surface area (Å²) in [6, 6.07) is 23.3. The lowest BCUT2D eigenvalue weighted by molar-refractivity contribution is -0.133. The lowest BCUT2D eigenvalue weighted by Crippen LogP contribution is -2.64. The topological polar surface area (TPSA) is 122 Å². The predicted octanol–water partition coefficient (Wildman–Crippen LogP) is 5.48. The molecule has 3 amide bonds. The van der Waals surface area contributed by atoms with E-state index in [2.05, 4.69) is 21.2 Å². The molecule has 0 aliphatic carbocycles. The second-order valence-corrected chi connectivity index (χ2v) is 12.1. The van der Waals surface area contributed by atoms with E-state index in [0.29, 0.717) is 34.8 Å². The molecule has 1 unspecified atom stereocenters. The van der Waals surface area contributed by atoms with Gasteiger partial charge in [0.15, 0.2) is 5.78 Å². The van der Waals surface area contributed by atoms with Gasteiger partial charge in [-0.3, -0.25) is 19.2 Å². The van der Waals surface area contributed by atoms with Crippen LogP contribution in [0.2, 0.25) is 0 Å². The van der Waals surface area contributed by atoms with Crippen molar-refractivity contribution >= 4 is 61.6 Å². The molecule has 5 rings (SSSR count). The van der Waals surface area contributed by atoms with Crippen LogP contribution in [0.15, 0.2) is 83.3 Å². The highest BCUT2D eigenvalue weighted by atomic mass is 79.9. The number of carbonyl (C=O) groups is 4. The molecule has 1 aliphatic rings. The second-order valence-electron chi connectivity index (χ2n) is 11.2. The van der Waals surface area contributed by atoms with Crippen LogP contribution < -0.4 is 25.6 Å². The minimum absolute atomic E-state index is 0.102. The molecule has 1 heterocycles. The molecule has 1 aliphatic heterocycles. The zero-order valence-corrected chi connectivity index (χ0v) is 27.2. The summed E-state index contributed by atoms with van der Waals surface area (Å²) >= 11 is 3.54. The molecule has 0 saturated carbocycles. The Morgan fingerprint density at radius 2 is 1.67 bits per heavy atom. The summed E-state index contributed by atoms with van der Waals surface area (Å²) in [4.78, 5) is 57.1. The van der Waals surface area contributed by atoms with Crippen LogP contribution in [-0.4, -0.2) is 49.2 Å². The summed E-state index contributed by atoms with van der Waals surface area (Å²) in [6.07, 6.45) is 0. The third kappa shape index (κ3) is 5.95. The second kappa shape index (κ2) is 12.8. The molecule has 0 aromatic heterocycles. The van der Waals surface area contributed by atoms with Crippen LogP contribution >= 0.6 is 15.9 Å². The Hall–Kier alpha value is -4.54. The van der Waals surface area contributed by atoms with Gasteiger partial charge in [0, 0.05) is 27.7 Å². The van der Waals surface area contributed by atoms with Crippen molar-refractivity contribution in [2.45, 2.75) is 32.9 Å². The van der Waals surface area contributed by atoms with E-state index < -0.39 is 17.4 Å². The van der Waals surface area contributed by atoms with Gasteiger partial charge in [-0.25, -0.2) is 0 Å². The number of ether oxygens (including phenoxy) is 1. The zero-order chi connectivity index (χ0) is 32.5. The van der Waals surface area contributed by atoms with Gasteiger partial charge < -0.3 is 25.6 Å². The molecular weight excluding hydrogens is 636 g/mol. The van der Waals surface area contributed by atoms with Crippen LogP contribution in [0.4, 0.5) is 11.4 Å². The molecule has 232 valence electrons. The first-order chi connectivity index (χ1) is 21.5. The number of primary amides is 1. The van der Waals surface area contributed by atoms with Crippen molar-refractivity contribution in [1.29, 1.82) is 0 Å². The van der Waals surface area contributed by atoms with Gasteiger partial charge in [0.05, 0.1) is 30.9 Å². The third-order valence-corrected chi connectivity index (χ3v) is 9.01. The predicted molar refractivity (Wildman–Crippen MR) is 179 cm³/mol. The molecular formula is C35H35BrN4O5. The monoisotopic (exact) mass is 670 g/mol. The summed E-state index contributed by atoms with van der Waals surface area (Å²) in [5.74, 6) is -2.04. The number of amides is 3. The van der Waals surface area contributed by atoms with Gasteiger partial charge in [-0.1, -0.05) is 59.3 Å². The minimum Gasteiger partial charge on any atom is -0.496 e. The number of nitrogens with one attached hydrogen (secondary N) is 1. The number of rotatable bonds is 9. The summed E-state index contributed by atoms with van der Waals surface area (Å²) in [5.41, 5.74) is 7.08. The number of nitrogens with two attached hydrogens (primary N) is 1. The van der Waals surface area contributed by atoms with E-state index >= 15 is 0 Å². The van der Waals surface area contributed by atoms with Gasteiger partial charge >= 0.3 is 0 Å². The van der Waals surface area contributed by atoms with E-state index in [4.69, 9.17) is 10.5 Å². The molecule has 3 N–H and O–H groups in total. The van der Waals surface area contributed by atoms with Gasteiger partial charge in [0.1, 0.15) is 11.3 Å². The number of para-hydroxylation sites is 2. The van der Waals surface area contributed by atoms with E-state index in [0.717, 1.165) is 20.8 Å². The molecule has 0 fully saturated rings. The summed E-state index contributed by atoms with van der Waals surface area (Å²) in [7, 11) is 1.58. The minimum atomic E-state index is -1.49. The maximum Gasteiger partial charge on any atom is 0.258 e. The third-order valence-electron chi connectivity index (χ3n) is 8.52. The van der Waals surface area contributed by atoms with Gasteiger partial charge in [0.2, 0.25) is 11.8 Å². The van der Waals surface area contributed by atoms with Crippen molar-refractivity contribution in [3.63, 3.8) is 0 Å². The van der Waals surface area contributed by atoms with Crippen LogP contribution in [0.5, 0.6) is 5.75 Å². The average Bonchev–Trinajstić information content (AvgIpc) is 3.15. The average molecular weight is 672 g/mol. The van der Waals surface area contributed by atoms with Crippen LogP contribution in [0.25, 0.3) is 10.8 Å². The van der Waals surface area contributed by atoms with Crippen molar-refractivity contribution in [2.24, 2.45) is 11.7 Å². The molecule has 4 aromatic rings. The molecule has 9 nitrogen and oxygen atoms in total. The van der Waals surface area contributed by atoms with Gasteiger partial charge in [-0.05, 0) is 73.6 Å². The first kappa shape index (κ1) is 31.9. The maximum absolute atomic E-state index is 14.8. The SMILES string of the molecule is CCNC(C)(C(N)=O)[C@@H]1CN(C(=O)c2ccc(C(C)=O)cc2)c2ccccc2N(Cc2c(OC)ccc3cc(Br)ccc23)C1=O. The summed E-state index contributed by atoms with van der Waals surface area (Å²) < 4.78 is 6.68. The molecule has 10 heteroatoms. The quantitative estimate of drug-likeness (QED) is 0.228. The highest BCUT2D eigenvalue weighted by Gasteiger charge is 2.49. The van der Waals surface area contributed by atoms with Gasteiger partial charge in [-0.2, -0.15) is 0 Å². The fourth-order valence-corrected chi connectivity index (χ4v) is 6.36. The highest BCUT2D eigenvalue weighted by Crippen LogP contribution is 2.40. The summed E-state index contributed by atoms with van der Waals surface area (Å²) in [5, 5.41) is 4.99. The number of fused-ring (bicyclic) bond motifs is 2. The number of benzene rings is 4. The zero-order valence-electron chi connectivity index (χ0n) is 25.6. The Labute approximate surface area is 270 Å². The number of carbonyl (C=O) groups excluding carboxylic acids is 4. The van der Waals surface area contributed by atoms with Crippen LogP contribution in [0, 0.1) is 5.92 Å². The van der Waals surface area contributed by atoms with Crippen molar-refractivity contribution in [3.8, 4) is 5.75 Å². The van der Waals surface area contributed by atoms with Gasteiger partial charge in [0.25, 0.3) is 5.91 Å². The molecule has 0 radical (unpaired) electrons. The molecule has 0 bridgehead atoms. The van der Waals surface area contributed by atoms with E-state index in [-0.39, 0.29) is 30.7 Å². The number of Topliss-reactive ketones (excluding diaryl/α,β-unsaturated/α-hetero) is 1. The number of hydrogen-bond donors (Lipinski definition) is 2. The highest BCUT2D eigenvalue weighted by molar-refractivity contribution is 9.10. The van der Waals surface area contributed by atoms with E-state index in [1.165, 1.54) is 11.8 Å². The van der Waals surface area contributed by atoms with Crippen molar-refractivity contribution < 1.29 is 23.9 Å². The van der Waals surface area contributed by atoms with E-state index in [9.17, 15) is 19.2 Å². The van der Waals surface area contributed by atoms with Crippen LogP contribution in [0.1, 0.15) is 47.1 Å². The smallest absolute Gasteiger partial charge is 0.258 e. The van der Waals surface area contributed by atoms with Crippen LogP contribution in [0.3, 0.4) is 0 Å². The van der Waals surface area contributed by atoms with E-state index in [1.807, 2.05) is 37.3 Å². The largest absolute Gasteiger partial charge is 0.496 e. The summed E-state index contributed by atoms with van der Waals surface area (Å²) in [6.45, 7) is 5.24. The lowest BCUT2D eigenvalue weighted by atomic mass is 9.82. The first-order valence-electron chi connectivity index (χ1n) is 14.6. The Balaban J connectivity index is 1.71. The van der Waals surface area contributed by atoms with Crippen LogP contribution in [-0.2, 0) is 16.1 Å². The first-order valence-corrected chi connectivity index (χ1v) is 15.4. The normalized spacial score (nSPS) is 16.1. The number of likely N-dealkylation sites (N-methyl/N-ethyl adjacent to an activating group) is 1. The molecule has 4 aromatic carbocycles. The molecule has 45 heavy (non-hydrogen) atoms. The number of methoxy groups -OCH3 is 1. The number of halogens is 1. The molecule has 0 saturated heterocycles. The van der Waals surface area contributed by atoms with Gasteiger partial charge in [-0.15, -0.1) is 0 Å². The van der Waals surface area contributed by atoms with Crippen molar-refractivity contribution in [2.75, 3.05) is 30.0 Å². The fourth-order valence-electron chi connectivity index (χ4n) is 5.98. The Bertz CT molecular complexity index is 1810. The number of anilines is 2. The standard InChI is InChI=1S/C35H35BrN4O5/c1-5-38-35(3,34(37)44)28-20-40(32(42)23-12-10-22(11-13-23)21(2)41)30-9-7-6-8-29(30)39(33(28)43)19-27-26-16-15-25(36)18-24(26)14-17-31(27)45-4/h6-18,28,38H,5,19-20H2,1-4H3,(H2,37,44)/t28-,35?/m1/s1. The molecule has 2 atom stereocenters. The number of nitrogens with zero attached hydrogens (tertiary/aromatic N) is 2. The fraction of sp³-hybridized carbons (Fsp3) is 0.257. The Morgan fingerprint density at radius 3 is 2.29 bits per heavy atom. The Morgan fingerprint density at radius 1 is 1.00 bits per heavy atom. The number of ketones is 1. The lowest BCUT2D eigenvalue weighted by Gasteiger charge is -2.37. The van der Waals surface area contributed by atoms with Crippen molar-refractivity contribution in [3.05, 3.63) is 100 Å². The van der Waals surface area contributed by atoms with E-state index in [1.54, 1.807) is 67.5 Å². The Kier molecular flexibility index (Phi) is 9.08. The number of hydrogen-bond acceptors (Lipinski definition) is 6. The molecule has 0 spiro atoms. The maximum atomic E-state index is 14.8. The van der Waals surface area contributed by atoms with Crippen molar-refractivity contribution in [1.82, 2.24) is 5.32 Å².